The average molecular weight is 381 g/mol. The fourth-order valence-corrected chi connectivity index (χ4v) is 3.84. The second-order valence-electron chi connectivity index (χ2n) is 7.11. The summed E-state index contributed by atoms with van der Waals surface area (Å²) in [6.07, 6.45) is 4.88. The molecule has 1 aliphatic heterocycles. The zero-order valence-electron chi connectivity index (χ0n) is 15.3. The van der Waals surface area contributed by atoms with E-state index in [1.165, 1.54) is 17.0 Å². The molecule has 2 aliphatic rings. The predicted octanol–water partition coefficient (Wildman–Crippen LogP) is 2.35. The van der Waals surface area contributed by atoms with Crippen LogP contribution in [0.4, 0.5) is 0 Å². The number of benzene rings is 1. The molecule has 0 saturated carbocycles. The molecule has 0 unspecified atom stereocenters. The van der Waals surface area contributed by atoms with Crippen LogP contribution in [0.2, 0.25) is 0 Å². The number of amides is 2. The molecule has 0 N–H and O–H groups in total. The molecule has 2 atom stereocenters. The van der Waals surface area contributed by atoms with Crippen molar-refractivity contribution in [3.05, 3.63) is 52.4 Å². The summed E-state index contributed by atoms with van der Waals surface area (Å²) in [5.74, 6) is -1.36. The van der Waals surface area contributed by atoms with Gasteiger partial charge in [-0.15, -0.1) is 0 Å². The Morgan fingerprint density at radius 3 is 2.46 bits per heavy atom. The lowest BCUT2D eigenvalue weighted by Gasteiger charge is -2.14. The number of hydrogen-bond donors (Lipinski definition) is 0. The summed E-state index contributed by atoms with van der Waals surface area (Å²) in [6, 6.07) is 6.19. The van der Waals surface area contributed by atoms with E-state index in [4.69, 9.17) is 9.15 Å². The number of carbonyl (C=O) groups excluding carboxylic acids is 3. The van der Waals surface area contributed by atoms with Gasteiger partial charge < -0.3 is 9.15 Å². The summed E-state index contributed by atoms with van der Waals surface area (Å²) >= 11 is 0. The number of allylic oxidation sites excluding steroid dienone is 2. The molecule has 7 nitrogen and oxygen atoms in total. The van der Waals surface area contributed by atoms with E-state index in [1.54, 1.807) is 19.1 Å². The first-order valence-electron chi connectivity index (χ1n) is 9.19. The van der Waals surface area contributed by atoms with Crippen LogP contribution in [0.3, 0.4) is 0 Å². The maximum atomic E-state index is 12.4. The summed E-state index contributed by atoms with van der Waals surface area (Å²) in [6.45, 7) is 1.80. The van der Waals surface area contributed by atoms with Gasteiger partial charge in [0.1, 0.15) is 11.3 Å². The first-order valence-corrected chi connectivity index (χ1v) is 9.19. The lowest BCUT2D eigenvalue weighted by Crippen LogP contribution is -2.33. The predicted molar refractivity (Wildman–Crippen MR) is 99.5 cm³/mol. The number of fused-ring (bicyclic) bond motifs is 2. The third kappa shape index (κ3) is 3.24. The van der Waals surface area contributed by atoms with Crippen molar-refractivity contribution in [2.75, 3.05) is 6.54 Å². The highest BCUT2D eigenvalue weighted by Crippen LogP contribution is 2.35. The van der Waals surface area contributed by atoms with E-state index in [0.29, 0.717) is 18.4 Å². The van der Waals surface area contributed by atoms with Gasteiger partial charge in [-0.2, -0.15) is 0 Å². The SMILES string of the molecule is Cc1cc(=O)oc2cc(OC(=O)CCN3C(=O)[C@H]4CC=CC[C@H]4C3=O)ccc12. The smallest absolute Gasteiger partial charge is 0.336 e. The minimum atomic E-state index is -0.567. The van der Waals surface area contributed by atoms with Crippen molar-refractivity contribution in [1.29, 1.82) is 0 Å². The van der Waals surface area contributed by atoms with E-state index < -0.39 is 11.6 Å². The molecule has 1 fully saturated rings. The normalized spacial score (nSPS) is 21.2. The molecule has 1 aromatic heterocycles. The molecular weight excluding hydrogens is 362 g/mol. The van der Waals surface area contributed by atoms with E-state index in [9.17, 15) is 19.2 Å². The molecule has 2 aromatic rings. The van der Waals surface area contributed by atoms with Gasteiger partial charge in [-0.05, 0) is 37.5 Å². The van der Waals surface area contributed by atoms with Gasteiger partial charge >= 0.3 is 11.6 Å². The van der Waals surface area contributed by atoms with Crippen LogP contribution in [0.1, 0.15) is 24.8 Å². The minimum absolute atomic E-state index is 0.00523. The van der Waals surface area contributed by atoms with Crippen LogP contribution in [0.15, 0.2) is 45.6 Å². The van der Waals surface area contributed by atoms with Crippen LogP contribution in [0, 0.1) is 18.8 Å². The summed E-state index contributed by atoms with van der Waals surface area (Å²) in [7, 11) is 0. The Morgan fingerprint density at radius 2 is 1.79 bits per heavy atom. The second kappa shape index (κ2) is 7.07. The number of rotatable bonds is 4. The summed E-state index contributed by atoms with van der Waals surface area (Å²) < 4.78 is 10.4. The van der Waals surface area contributed by atoms with Crippen LogP contribution in [-0.4, -0.2) is 29.2 Å². The maximum absolute atomic E-state index is 12.4. The molecule has 1 aromatic carbocycles. The Morgan fingerprint density at radius 1 is 1.11 bits per heavy atom. The fourth-order valence-electron chi connectivity index (χ4n) is 3.84. The molecule has 144 valence electrons. The van der Waals surface area contributed by atoms with Gasteiger partial charge in [0.25, 0.3) is 0 Å². The fraction of sp³-hybridized carbons (Fsp3) is 0.333. The van der Waals surface area contributed by atoms with Crippen molar-refractivity contribution >= 4 is 28.8 Å². The van der Waals surface area contributed by atoms with Crippen LogP contribution in [0.5, 0.6) is 5.75 Å². The van der Waals surface area contributed by atoms with Crippen molar-refractivity contribution in [3.63, 3.8) is 0 Å². The molecule has 4 rings (SSSR count). The van der Waals surface area contributed by atoms with Gasteiger partial charge in [-0.3, -0.25) is 19.3 Å². The van der Waals surface area contributed by atoms with Crippen molar-refractivity contribution in [2.24, 2.45) is 11.8 Å². The lowest BCUT2D eigenvalue weighted by molar-refractivity contribution is -0.141. The molecular formula is C21H19NO6. The number of hydrogen-bond acceptors (Lipinski definition) is 6. The Balaban J connectivity index is 1.41. The largest absolute Gasteiger partial charge is 0.426 e. The van der Waals surface area contributed by atoms with E-state index in [0.717, 1.165) is 10.9 Å². The molecule has 7 heteroatoms. The summed E-state index contributed by atoms with van der Waals surface area (Å²) in [5, 5.41) is 0.754. The van der Waals surface area contributed by atoms with Gasteiger partial charge in [0, 0.05) is 24.1 Å². The number of esters is 1. The van der Waals surface area contributed by atoms with Gasteiger partial charge in [0.05, 0.1) is 18.3 Å². The third-order valence-corrected chi connectivity index (χ3v) is 5.29. The molecule has 0 radical (unpaired) electrons. The Hall–Kier alpha value is -3.22. The van der Waals surface area contributed by atoms with E-state index in [-0.39, 0.29) is 42.4 Å². The van der Waals surface area contributed by atoms with Gasteiger partial charge in [0.15, 0.2) is 0 Å². The standard InChI is InChI=1S/C21H19NO6/c1-12-10-19(24)28-17-11-13(6-7-14(12)17)27-18(23)8-9-22-20(25)15-4-2-3-5-16(15)21(22)26/h2-3,6-7,10-11,15-16H,4-5,8-9H2,1H3/t15-,16+. The minimum Gasteiger partial charge on any atom is -0.426 e. The summed E-state index contributed by atoms with van der Waals surface area (Å²) in [5.41, 5.74) is 0.624. The number of ether oxygens (including phenoxy) is 1. The summed E-state index contributed by atoms with van der Waals surface area (Å²) in [4.78, 5) is 49.7. The zero-order chi connectivity index (χ0) is 19.8. The number of aryl methyl sites for hydroxylation is 1. The number of likely N-dealkylation sites (tertiary alicyclic amines) is 1. The molecule has 28 heavy (non-hydrogen) atoms. The van der Waals surface area contributed by atoms with Gasteiger partial charge in [-0.25, -0.2) is 4.79 Å². The molecule has 0 bridgehead atoms. The van der Waals surface area contributed by atoms with Crippen molar-refractivity contribution in [1.82, 2.24) is 4.90 Å². The monoisotopic (exact) mass is 381 g/mol. The maximum Gasteiger partial charge on any atom is 0.336 e. The first kappa shape index (κ1) is 18.2. The molecule has 2 heterocycles. The van der Waals surface area contributed by atoms with Gasteiger partial charge in [0.2, 0.25) is 11.8 Å². The number of carbonyl (C=O) groups is 3. The lowest BCUT2D eigenvalue weighted by atomic mass is 9.85. The van der Waals surface area contributed by atoms with E-state index >= 15 is 0 Å². The molecule has 2 amide bonds. The molecule has 1 saturated heterocycles. The van der Waals surface area contributed by atoms with Crippen LogP contribution in [0.25, 0.3) is 11.0 Å². The Labute approximate surface area is 160 Å². The Kier molecular flexibility index (Phi) is 4.58. The number of nitrogens with zero attached hydrogens (tertiary/aromatic N) is 1. The highest BCUT2D eigenvalue weighted by atomic mass is 16.5. The van der Waals surface area contributed by atoms with Crippen LogP contribution in [-0.2, 0) is 14.4 Å². The first-order chi connectivity index (χ1) is 13.4. The van der Waals surface area contributed by atoms with Crippen LogP contribution < -0.4 is 10.4 Å². The highest BCUT2D eigenvalue weighted by Gasteiger charge is 2.46. The molecule has 0 spiro atoms. The quantitative estimate of drug-likeness (QED) is 0.265. The third-order valence-electron chi connectivity index (χ3n) is 5.29. The Bertz CT molecular complexity index is 1040. The second-order valence-corrected chi connectivity index (χ2v) is 7.11. The highest BCUT2D eigenvalue weighted by molar-refractivity contribution is 6.05. The average Bonchev–Trinajstić information content (AvgIpc) is 2.90. The number of imide groups is 1. The zero-order valence-corrected chi connectivity index (χ0v) is 15.3. The van der Waals surface area contributed by atoms with Crippen molar-refractivity contribution in [3.8, 4) is 5.75 Å². The van der Waals surface area contributed by atoms with E-state index in [1.807, 2.05) is 12.2 Å². The van der Waals surface area contributed by atoms with Crippen molar-refractivity contribution in [2.45, 2.75) is 26.2 Å². The van der Waals surface area contributed by atoms with Gasteiger partial charge in [-0.1, -0.05) is 12.2 Å². The topological polar surface area (TPSA) is 93.9 Å². The van der Waals surface area contributed by atoms with E-state index in [2.05, 4.69) is 0 Å². The van der Waals surface area contributed by atoms with Crippen LogP contribution >= 0.6 is 0 Å². The molecule has 1 aliphatic carbocycles. The van der Waals surface area contributed by atoms with Crippen molar-refractivity contribution < 1.29 is 23.5 Å².